The van der Waals surface area contributed by atoms with Crippen molar-refractivity contribution < 1.29 is 9.84 Å². The van der Waals surface area contributed by atoms with Crippen molar-refractivity contribution >= 4 is 0 Å². The molecule has 2 atom stereocenters. The lowest BCUT2D eigenvalue weighted by Crippen LogP contribution is -2.31. The summed E-state index contributed by atoms with van der Waals surface area (Å²) in [5.41, 5.74) is 1.17. The van der Waals surface area contributed by atoms with E-state index in [9.17, 15) is 5.11 Å². The molecule has 0 amide bonds. The molecule has 108 valence electrons. The van der Waals surface area contributed by atoms with Crippen LogP contribution in [0.1, 0.15) is 45.2 Å². The van der Waals surface area contributed by atoms with E-state index in [1.165, 1.54) is 5.56 Å². The highest BCUT2D eigenvalue weighted by molar-refractivity contribution is 5.35. The Balaban J connectivity index is 2.83. The van der Waals surface area contributed by atoms with Crippen molar-refractivity contribution in [2.45, 2.75) is 45.8 Å². The molecule has 0 heterocycles. The number of aliphatic hydroxyl groups excluding tert-OH is 1. The van der Waals surface area contributed by atoms with Gasteiger partial charge in [-0.3, -0.25) is 0 Å². The second-order valence-electron chi connectivity index (χ2n) is 5.39. The smallest absolute Gasteiger partial charge is 0.123 e. The van der Waals surface area contributed by atoms with Crippen molar-refractivity contribution in [1.82, 2.24) is 5.32 Å². The van der Waals surface area contributed by atoms with Gasteiger partial charge in [0.05, 0.1) is 13.2 Å². The first kappa shape index (κ1) is 16.0. The molecule has 0 saturated carbocycles. The molecule has 2 N–H and O–H groups in total. The summed E-state index contributed by atoms with van der Waals surface area (Å²) in [7, 11) is 1.70. The number of nitrogens with one attached hydrogen (secondary N) is 1. The van der Waals surface area contributed by atoms with Crippen LogP contribution in [0.2, 0.25) is 0 Å². The van der Waals surface area contributed by atoms with Crippen LogP contribution in [0.15, 0.2) is 24.3 Å². The Morgan fingerprint density at radius 1 is 1.26 bits per heavy atom. The lowest BCUT2D eigenvalue weighted by molar-refractivity contribution is 0.160. The van der Waals surface area contributed by atoms with E-state index in [1.807, 2.05) is 25.1 Å². The number of para-hydroxylation sites is 1. The standard InChI is InChI=1S/C16H27NO2/c1-5-13(18)11-17-15(10-12(2)3)14-8-6-7-9-16(14)19-4/h6-9,12-13,15,17-18H,5,10-11H2,1-4H3/t13-,15?/m1/s1. The zero-order valence-electron chi connectivity index (χ0n) is 12.5. The van der Waals surface area contributed by atoms with Crippen LogP contribution in [0.3, 0.4) is 0 Å². The average molecular weight is 265 g/mol. The molecule has 0 saturated heterocycles. The van der Waals surface area contributed by atoms with Crippen LogP contribution in [-0.2, 0) is 0 Å². The average Bonchev–Trinajstić information content (AvgIpc) is 2.42. The Bertz CT molecular complexity index is 366. The molecule has 0 fully saturated rings. The SMILES string of the molecule is CC[C@@H](O)CNC(CC(C)C)c1ccccc1OC. The molecule has 1 rings (SSSR count). The summed E-state index contributed by atoms with van der Waals surface area (Å²) in [6, 6.07) is 8.31. The van der Waals surface area contributed by atoms with Crippen LogP contribution >= 0.6 is 0 Å². The number of benzene rings is 1. The van der Waals surface area contributed by atoms with Crippen molar-refractivity contribution in [3.8, 4) is 5.75 Å². The molecule has 0 aliphatic carbocycles. The van der Waals surface area contributed by atoms with E-state index in [-0.39, 0.29) is 12.1 Å². The molecule has 0 radical (unpaired) electrons. The molecule has 0 bridgehead atoms. The summed E-state index contributed by atoms with van der Waals surface area (Å²) in [6.07, 6.45) is 1.51. The van der Waals surface area contributed by atoms with Crippen molar-refractivity contribution in [1.29, 1.82) is 0 Å². The van der Waals surface area contributed by atoms with Gasteiger partial charge in [0.1, 0.15) is 5.75 Å². The summed E-state index contributed by atoms with van der Waals surface area (Å²) in [5, 5.41) is 13.2. The van der Waals surface area contributed by atoms with Gasteiger partial charge in [-0.25, -0.2) is 0 Å². The van der Waals surface area contributed by atoms with Crippen molar-refractivity contribution in [2.24, 2.45) is 5.92 Å². The first-order chi connectivity index (χ1) is 9.08. The Morgan fingerprint density at radius 3 is 2.53 bits per heavy atom. The first-order valence-corrected chi connectivity index (χ1v) is 7.12. The Kier molecular flexibility index (Phi) is 6.89. The number of ether oxygens (including phenoxy) is 1. The number of hydrogen-bond donors (Lipinski definition) is 2. The maximum atomic E-state index is 9.72. The predicted octanol–water partition coefficient (Wildman–Crippen LogP) is 3.14. The van der Waals surface area contributed by atoms with Gasteiger partial charge in [0, 0.05) is 18.2 Å². The van der Waals surface area contributed by atoms with Gasteiger partial charge in [0.25, 0.3) is 0 Å². The predicted molar refractivity (Wildman–Crippen MR) is 79.5 cm³/mol. The van der Waals surface area contributed by atoms with Gasteiger partial charge in [-0.2, -0.15) is 0 Å². The van der Waals surface area contributed by atoms with E-state index < -0.39 is 0 Å². The molecule has 0 aliphatic rings. The minimum Gasteiger partial charge on any atom is -0.496 e. The largest absolute Gasteiger partial charge is 0.496 e. The fraction of sp³-hybridized carbons (Fsp3) is 0.625. The van der Waals surface area contributed by atoms with Crippen LogP contribution in [0, 0.1) is 5.92 Å². The van der Waals surface area contributed by atoms with Gasteiger partial charge < -0.3 is 15.2 Å². The van der Waals surface area contributed by atoms with Gasteiger partial charge in [0.15, 0.2) is 0 Å². The molecular formula is C16H27NO2. The van der Waals surface area contributed by atoms with E-state index in [1.54, 1.807) is 7.11 Å². The molecular weight excluding hydrogens is 238 g/mol. The third kappa shape index (κ3) is 5.21. The highest BCUT2D eigenvalue weighted by Crippen LogP contribution is 2.29. The quantitative estimate of drug-likeness (QED) is 0.758. The molecule has 0 aliphatic heterocycles. The molecule has 19 heavy (non-hydrogen) atoms. The van der Waals surface area contributed by atoms with Crippen LogP contribution in [-0.4, -0.2) is 24.9 Å². The first-order valence-electron chi connectivity index (χ1n) is 7.12. The maximum absolute atomic E-state index is 9.72. The molecule has 0 aromatic heterocycles. The summed E-state index contributed by atoms with van der Waals surface area (Å²) >= 11 is 0. The molecule has 0 spiro atoms. The Hall–Kier alpha value is -1.06. The van der Waals surface area contributed by atoms with E-state index >= 15 is 0 Å². The number of rotatable bonds is 8. The molecule has 3 nitrogen and oxygen atoms in total. The summed E-state index contributed by atoms with van der Waals surface area (Å²) in [5.74, 6) is 1.49. The van der Waals surface area contributed by atoms with Gasteiger partial charge in [-0.15, -0.1) is 0 Å². The third-order valence-corrected chi connectivity index (χ3v) is 3.29. The van der Waals surface area contributed by atoms with E-state index in [0.717, 1.165) is 18.6 Å². The number of methoxy groups -OCH3 is 1. The van der Waals surface area contributed by atoms with Crippen LogP contribution in [0.25, 0.3) is 0 Å². The molecule has 1 aromatic carbocycles. The van der Waals surface area contributed by atoms with Gasteiger partial charge in [-0.1, -0.05) is 39.0 Å². The monoisotopic (exact) mass is 265 g/mol. The third-order valence-electron chi connectivity index (χ3n) is 3.29. The number of aliphatic hydroxyl groups is 1. The fourth-order valence-electron chi connectivity index (χ4n) is 2.17. The van der Waals surface area contributed by atoms with E-state index in [4.69, 9.17) is 4.74 Å². The second-order valence-corrected chi connectivity index (χ2v) is 5.39. The maximum Gasteiger partial charge on any atom is 0.123 e. The van der Waals surface area contributed by atoms with Crippen LogP contribution < -0.4 is 10.1 Å². The van der Waals surface area contributed by atoms with E-state index in [2.05, 4.69) is 25.2 Å². The van der Waals surface area contributed by atoms with Crippen LogP contribution in [0.5, 0.6) is 5.75 Å². The summed E-state index contributed by atoms with van der Waals surface area (Å²) in [4.78, 5) is 0. The van der Waals surface area contributed by atoms with Gasteiger partial charge in [0.2, 0.25) is 0 Å². The highest BCUT2D eigenvalue weighted by Gasteiger charge is 2.17. The summed E-state index contributed by atoms with van der Waals surface area (Å²) in [6.45, 7) is 7.03. The molecule has 3 heteroatoms. The normalized spacial score (nSPS) is 14.4. The summed E-state index contributed by atoms with van der Waals surface area (Å²) < 4.78 is 5.44. The lowest BCUT2D eigenvalue weighted by atomic mass is 9.96. The van der Waals surface area contributed by atoms with Gasteiger partial charge >= 0.3 is 0 Å². The number of hydrogen-bond acceptors (Lipinski definition) is 3. The van der Waals surface area contributed by atoms with Crippen molar-refractivity contribution in [3.63, 3.8) is 0 Å². The highest BCUT2D eigenvalue weighted by atomic mass is 16.5. The van der Waals surface area contributed by atoms with E-state index in [0.29, 0.717) is 12.5 Å². The van der Waals surface area contributed by atoms with Gasteiger partial charge in [-0.05, 0) is 24.8 Å². The zero-order valence-corrected chi connectivity index (χ0v) is 12.5. The minimum absolute atomic E-state index is 0.220. The fourth-order valence-corrected chi connectivity index (χ4v) is 2.17. The molecule has 1 unspecified atom stereocenters. The second kappa shape index (κ2) is 8.18. The zero-order chi connectivity index (χ0) is 14.3. The lowest BCUT2D eigenvalue weighted by Gasteiger charge is -2.24. The molecule has 1 aromatic rings. The van der Waals surface area contributed by atoms with Crippen molar-refractivity contribution in [3.05, 3.63) is 29.8 Å². The Morgan fingerprint density at radius 2 is 1.95 bits per heavy atom. The topological polar surface area (TPSA) is 41.5 Å². The Labute approximate surface area is 117 Å². The van der Waals surface area contributed by atoms with Crippen LogP contribution in [0.4, 0.5) is 0 Å². The minimum atomic E-state index is -0.288. The van der Waals surface area contributed by atoms with Crippen molar-refractivity contribution in [2.75, 3.05) is 13.7 Å².